The molecule has 1 aliphatic rings. The molecule has 21 heavy (non-hydrogen) atoms. The van der Waals surface area contributed by atoms with Crippen LogP contribution >= 0.6 is 0 Å². The van der Waals surface area contributed by atoms with Gasteiger partial charge in [0.15, 0.2) is 5.69 Å². The second-order valence-electron chi connectivity index (χ2n) is 5.97. The van der Waals surface area contributed by atoms with Gasteiger partial charge in [-0.1, -0.05) is 13.3 Å². The molecule has 6 nitrogen and oxygen atoms in total. The number of hydrogen-bond acceptors (Lipinski definition) is 4. The molecule has 0 bridgehead atoms. The van der Waals surface area contributed by atoms with Crippen molar-refractivity contribution >= 4 is 11.6 Å². The van der Waals surface area contributed by atoms with Gasteiger partial charge < -0.3 is 16.0 Å². The molecular formula is C15H27N5O. The molecular weight excluding hydrogens is 266 g/mol. The maximum Gasteiger partial charge on any atom is 0.273 e. The van der Waals surface area contributed by atoms with Gasteiger partial charge in [0.05, 0.1) is 5.69 Å². The van der Waals surface area contributed by atoms with Crippen molar-refractivity contribution in [1.82, 2.24) is 20.0 Å². The van der Waals surface area contributed by atoms with E-state index in [1.807, 2.05) is 6.92 Å². The molecule has 1 fully saturated rings. The van der Waals surface area contributed by atoms with Gasteiger partial charge in [0, 0.05) is 25.8 Å². The average molecular weight is 293 g/mol. The first kappa shape index (κ1) is 15.8. The van der Waals surface area contributed by atoms with Crippen LogP contribution in [0.4, 0.5) is 5.69 Å². The van der Waals surface area contributed by atoms with Crippen molar-refractivity contribution in [3.63, 3.8) is 0 Å². The molecule has 0 radical (unpaired) electrons. The number of nitrogens with two attached hydrogens (primary N) is 1. The van der Waals surface area contributed by atoms with Crippen molar-refractivity contribution in [1.29, 1.82) is 0 Å². The van der Waals surface area contributed by atoms with Crippen molar-refractivity contribution in [2.24, 2.45) is 5.92 Å². The van der Waals surface area contributed by atoms with Crippen molar-refractivity contribution in [2.45, 2.75) is 39.7 Å². The minimum absolute atomic E-state index is 0.176. The molecule has 1 aliphatic heterocycles. The summed E-state index contributed by atoms with van der Waals surface area (Å²) in [6, 6.07) is 0. The molecule has 0 spiro atoms. The predicted molar refractivity (Wildman–Crippen MR) is 84.1 cm³/mol. The Bertz CT molecular complexity index is 465. The van der Waals surface area contributed by atoms with Crippen LogP contribution in [0.3, 0.4) is 0 Å². The summed E-state index contributed by atoms with van der Waals surface area (Å²) >= 11 is 0. The lowest BCUT2D eigenvalue weighted by atomic mass is 10.1. The number of aromatic nitrogens is 2. The first-order chi connectivity index (χ1) is 10.1. The van der Waals surface area contributed by atoms with E-state index in [1.165, 1.54) is 32.4 Å². The van der Waals surface area contributed by atoms with Crippen molar-refractivity contribution in [3.8, 4) is 0 Å². The second-order valence-corrected chi connectivity index (χ2v) is 5.97. The Balaban J connectivity index is 1.78. The highest BCUT2D eigenvalue weighted by Gasteiger charge is 2.17. The summed E-state index contributed by atoms with van der Waals surface area (Å²) in [6.45, 7) is 8.92. The highest BCUT2D eigenvalue weighted by atomic mass is 16.2. The van der Waals surface area contributed by atoms with E-state index in [2.05, 4.69) is 22.2 Å². The number of carbonyl (C=O) groups is 1. The third-order valence-electron chi connectivity index (χ3n) is 3.96. The largest absolute Gasteiger partial charge is 0.396 e. The number of rotatable bonds is 6. The van der Waals surface area contributed by atoms with Crippen LogP contribution in [0.15, 0.2) is 6.20 Å². The fourth-order valence-electron chi connectivity index (χ4n) is 2.77. The van der Waals surface area contributed by atoms with E-state index in [1.54, 1.807) is 10.9 Å². The molecule has 1 amide bonds. The van der Waals surface area contributed by atoms with Gasteiger partial charge >= 0.3 is 0 Å². The number of piperidine rings is 1. The smallest absolute Gasteiger partial charge is 0.273 e. The van der Waals surface area contributed by atoms with E-state index in [9.17, 15) is 4.79 Å². The summed E-state index contributed by atoms with van der Waals surface area (Å²) in [4.78, 5) is 14.6. The van der Waals surface area contributed by atoms with Gasteiger partial charge in [0.25, 0.3) is 5.91 Å². The average Bonchev–Trinajstić information content (AvgIpc) is 2.87. The van der Waals surface area contributed by atoms with Crippen LogP contribution in [0.25, 0.3) is 0 Å². The normalized spacial score (nSPS) is 17.6. The Kier molecular flexibility index (Phi) is 5.61. The van der Waals surface area contributed by atoms with Crippen LogP contribution in [0.5, 0.6) is 0 Å². The van der Waals surface area contributed by atoms with Gasteiger partial charge in [0.2, 0.25) is 0 Å². The number of amides is 1. The summed E-state index contributed by atoms with van der Waals surface area (Å²) in [7, 11) is 0. The molecule has 1 unspecified atom stereocenters. The predicted octanol–water partition coefficient (Wildman–Crippen LogP) is 1.34. The highest BCUT2D eigenvalue weighted by Crippen LogP contribution is 2.11. The van der Waals surface area contributed by atoms with Gasteiger partial charge in [-0.25, -0.2) is 0 Å². The van der Waals surface area contributed by atoms with Gasteiger partial charge in [0.1, 0.15) is 0 Å². The maximum absolute atomic E-state index is 12.1. The van der Waals surface area contributed by atoms with E-state index >= 15 is 0 Å². The summed E-state index contributed by atoms with van der Waals surface area (Å²) in [5.41, 5.74) is 6.60. The van der Waals surface area contributed by atoms with E-state index in [4.69, 9.17) is 5.73 Å². The minimum atomic E-state index is -0.176. The van der Waals surface area contributed by atoms with Gasteiger partial charge in [-0.2, -0.15) is 5.10 Å². The van der Waals surface area contributed by atoms with Crippen LogP contribution in [0.1, 0.15) is 43.6 Å². The van der Waals surface area contributed by atoms with E-state index < -0.39 is 0 Å². The van der Waals surface area contributed by atoms with E-state index in [-0.39, 0.29) is 5.91 Å². The number of carbonyl (C=O) groups excluding carboxylic acids is 1. The first-order valence-corrected chi connectivity index (χ1v) is 7.93. The quantitative estimate of drug-likeness (QED) is 0.830. The Morgan fingerprint density at radius 1 is 1.43 bits per heavy atom. The van der Waals surface area contributed by atoms with Crippen molar-refractivity contribution in [2.75, 3.05) is 31.9 Å². The number of hydrogen-bond donors (Lipinski definition) is 2. The number of nitrogens with zero attached hydrogens (tertiary/aromatic N) is 3. The molecule has 6 heteroatoms. The number of anilines is 1. The fourth-order valence-corrected chi connectivity index (χ4v) is 2.77. The van der Waals surface area contributed by atoms with Gasteiger partial charge in [-0.05, 0) is 38.8 Å². The van der Waals surface area contributed by atoms with Crippen LogP contribution < -0.4 is 11.1 Å². The Labute approximate surface area is 126 Å². The zero-order valence-electron chi connectivity index (χ0n) is 13.1. The molecule has 3 N–H and O–H groups in total. The van der Waals surface area contributed by atoms with Gasteiger partial charge in [-0.3, -0.25) is 9.48 Å². The van der Waals surface area contributed by atoms with E-state index in [0.29, 0.717) is 30.4 Å². The van der Waals surface area contributed by atoms with Crippen LogP contribution in [-0.2, 0) is 6.54 Å². The third-order valence-corrected chi connectivity index (χ3v) is 3.96. The topological polar surface area (TPSA) is 76.2 Å². The standard InChI is InChI=1S/C15H27N5O/c1-3-20-11-13(16)14(18-20)15(21)17-9-12(2)10-19-7-5-4-6-8-19/h11-12H,3-10,16H2,1-2H3,(H,17,21). The lowest BCUT2D eigenvalue weighted by molar-refractivity contribution is 0.0937. The molecule has 2 heterocycles. The lowest BCUT2D eigenvalue weighted by Crippen LogP contribution is -2.38. The number of aryl methyl sites for hydroxylation is 1. The molecule has 1 atom stereocenters. The second kappa shape index (κ2) is 7.45. The molecule has 1 saturated heterocycles. The van der Waals surface area contributed by atoms with Gasteiger partial charge in [-0.15, -0.1) is 0 Å². The van der Waals surface area contributed by atoms with E-state index in [0.717, 1.165) is 6.54 Å². The minimum Gasteiger partial charge on any atom is -0.396 e. The maximum atomic E-state index is 12.1. The van der Waals surface area contributed by atoms with Crippen LogP contribution in [0.2, 0.25) is 0 Å². The molecule has 0 aliphatic carbocycles. The highest BCUT2D eigenvalue weighted by molar-refractivity contribution is 5.96. The molecule has 0 saturated carbocycles. The Hall–Kier alpha value is -1.56. The zero-order valence-corrected chi connectivity index (χ0v) is 13.1. The SMILES string of the molecule is CCn1cc(N)c(C(=O)NCC(C)CN2CCCCC2)n1. The third kappa shape index (κ3) is 4.46. The lowest BCUT2D eigenvalue weighted by Gasteiger charge is -2.29. The summed E-state index contributed by atoms with van der Waals surface area (Å²) in [5.74, 6) is 0.256. The first-order valence-electron chi connectivity index (χ1n) is 7.93. The molecule has 0 aromatic carbocycles. The molecule has 1 aromatic rings. The Morgan fingerprint density at radius 2 is 2.14 bits per heavy atom. The Morgan fingerprint density at radius 3 is 2.76 bits per heavy atom. The monoisotopic (exact) mass is 293 g/mol. The molecule has 118 valence electrons. The molecule has 2 rings (SSSR count). The summed E-state index contributed by atoms with van der Waals surface area (Å²) in [6.07, 6.45) is 5.64. The van der Waals surface area contributed by atoms with Crippen LogP contribution in [-0.4, -0.2) is 46.8 Å². The van der Waals surface area contributed by atoms with Crippen LogP contribution in [0, 0.1) is 5.92 Å². The fraction of sp³-hybridized carbons (Fsp3) is 0.733. The molecule has 1 aromatic heterocycles. The number of likely N-dealkylation sites (tertiary alicyclic amines) is 1. The van der Waals surface area contributed by atoms with Crippen molar-refractivity contribution in [3.05, 3.63) is 11.9 Å². The zero-order chi connectivity index (χ0) is 15.2. The number of nitrogens with one attached hydrogen (secondary N) is 1. The van der Waals surface area contributed by atoms with Crippen molar-refractivity contribution < 1.29 is 4.79 Å². The summed E-state index contributed by atoms with van der Waals surface area (Å²) in [5, 5.41) is 7.14. The number of nitrogen functional groups attached to an aromatic ring is 1. The summed E-state index contributed by atoms with van der Waals surface area (Å²) < 4.78 is 1.68.